The quantitative estimate of drug-likeness (QED) is 0.784. The Kier molecular flexibility index (Phi) is 3.81. The van der Waals surface area contributed by atoms with Crippen LogP contribution in [0.5, 0.6) is 0 Å². The fraction of sp³-hybridized carbons (Fsp3) is 0.312. The van der Waals surface area contributed by atoms with Crippen molar-refractivity contribution in [2.24, 2.45) is 0 Å². The zero-order valence-corrected chi connectivity index (χ0v) is 13.7. The number of hydrogen-bond acceptors (Lipinski definition) is 6. The lowest BCUT2D eigenvalue weighted by Crippen LogP contribution is -2.30. The van der Waals surface area contributed by atoms with Crippen molar-refractivity contribution < 1.29 is 4.79 Å². The Morgan fingerprint density at radius 3 is 3.00 bits per heavy atom. The molecule has 0 saturated carbocycles. The Morgan fingerprint density at radius 1 is 1.29 bits per heavy atom. The van der Waals surface area contributed by atoms with Gasteiger partial charge in [0.2, 0.25) is 5.91 Å². The first-order valence-electron chi connectivity index (χ1n) is 7.81. The number of pyridine rings is 1. The van der Waals surface area contributed by atoms with Crippen LogP contribution in [-0.4, -0.2) is 25.9 Å². The van der Waals surface area contributed by atoms with Crippen LogP contribution in [0.15, 0.2) is 29.2 Å². The van der Waals surface area contributed by atoms with Crippen molar-refractivity contribution >= 4 is 33.3 Å². The van der Waals surface area contributed by atoms with Crippen molar-refractivity contribution in [1.82, 2.24) is 20.0 Å². The van der Waals surface area contributed by atoms with E-state index in [0.29, 0.717) is 16.0 Å². The number of aryl methyl sites for hydroxylation is 2. The molecule has 1 amide bonds. The lowest BCUT2D eigenvalue weighted by molar-refractivity contribution is -0.117. The maximum atomic E-state index is 12.7. The molecule has 0 fully saturated rings. The van der Waals surface area contributed by atoms with E-state index in [0.717, 1.165) is 35.9 Å². The first-order valence-corrected chi connectivity index (χ1v) is 8.63. The summed E-state index contributed by atoms with van der Waals surface area (Å²) in [7, 11) is 0. The summed E-state index contributed by atoms with van der Waals surface area (Å²) in [5.41, 5.74) is 0.857. The number of hydrogen-bond donors (Lipinski definition) is 1. The van der Waals surface area contributed by atoms with Gasteiger partial charge in [-0.2, -0.15) is 0 Å². The molecule has 1 aliphatic carbocycles. The van der Waals surface area contributed by atoms with Gasteiger partial charge in [0.1, 0.15) is 12.4 Å². The highest BCUT2D eigenvalue weighted by molar-refractivity contribution is 7.18. The molecular formula is C16H15N5O2S. The molecule has 3 aromatic heterocycles. The van der Waals surface area contributed by atoms with Crippen molar-refractivity contribution in [3.05, 3.63) is 45.2 Å². The maximum Gasteiger partial charge on any atom is 0.279 e. The molecule has 0 radical (unpaired) electrons. The fourth-order valence-electron chi connectivity index (χ4n) is 2.97. The maximum absolute atomic E-state index is 12.7. The van der Waals surface area contributed by atoms with E-state index in [-0.39, 0.29) is 18.0 Å². The number of carbonyl (C=O) groups excluding carboxylic acids is 1. The molecule has 0 atom stereocenters. The van der Waals surface area contributed by atoms with E-state index >= 15 is 0 Å². The van der Waals surface area contributed by atoms with Gasteiger partial charge < -0.3 is 5.32 Å². The topological polar surface area (TPSA) is 89.8 Å². The second kappa shape index (κ2) is 6.12. The Morgan fingerprint density at radius 2 is 2.17 bits per heavy atom. The first-order chi connectivity index (χ1) is 11.7. The smallest absolute Gasteiger partial charge is 0.279 e. The normalized spacial score (nSPS) is 13.7. The van der Waals surface area contributed by atoms with Crippen LogP contribution < -0.4 is 10.9 Å². The number of nitrogens with zero attached hydrogens (tertiary/aromatic N) is 4. The summed E-state index contributed by atoms with van der Waals surface area (Å²) in [6.45, 7) is -0.178. The molecule has 0 aromatic carbocycles. The molecule has 24 heavy (non-hydrogen) atoms. The number of amides is 1. The van der Waals surface area contributed by atoms with E-state index in [1.165, 1.54) is 4.88 Å². The Hall–Kier alpha value is -2.61. The molecule has 0 unspecified atom stereocenters. The van der Waals surface area contributed by atoms with E-state index in [2.05, 4.69) is 20.6 Å². The minimum Gasteiger partial charge on any atom is -0.309 e. The van der Waals surface area contributed by atoms with Gasteiger partial charge in [-0.1, -0.05) is 11.3 Å². The molecule has 0 bridgehead atoms. The zero-order valence-electron chi connectivity index (χ0n) is 12.9. The van der Waals surface area contributed by atoms with Gasteiger partial charge in [0, 0.05) is 11.1 Å². The van der Waals surface area contributed by atoms with E-state index < -0.39 is 0 Å². The molecule has 4 rings (SSSR count). The number of carbonyl (C=O) groups is 1. The van der Waals surface area contributed by atoms with Crippen LogP contribution in [0.25, 0.3) is 10.2 Å². The summed E-state index contributed by atoms with van der Waals surface area (Å²) in [5, 5.41) is 11.3. The molecule has 1 aliphatic rings. The van der Waals surface area contributed by atoms with Crippen LogP contribution in [0.2, 0.25) is 0 Å². The molecule has 122 valence electrons. The molecule has 3 heterocycles. The fourth-order valence-corrected chi connectivity index (χ4v) is 4.16. The van der Waals surface area contributed by atoms with Gasteiger partial charge in [-0.25, -0.2) is 9.67 Å². The van der Waals surface area contributed by atoms with E-state index in [1.807, 2.05) is 0 Å². The highest BCUT2D eigenvalue weighted by Crippen LogP contribution is 2.33. The van der Waals surface area contributed by atoms with Gasteiger partial charge in [-0.05, 0) is 43.4 Å². The van der Waals surface area contributed by atoms with Crippen LogP contribution in [0, 0.1) is 0 Å². The predicted octanol–water partition coefficient (Wildman–Crippen LogP) is 1.77. The average Bonchev–Trinajstić information content (AvgIpc) is 2.97. The van der Waals surface area contributed by atoms with E-state index in [1.54, 1.807) is 35.7 Å². The minimum absolute atomic E-state index is 0.178. The number of thiophene rings is 1. The second-order valence-corrected chi connectivity index (χ2v) is 6.79. The standard InChI is InChI=1S/C16H15N5O2S/c22-13(18-12-7-3-4-8-17-12)9-21-16(23)14-10-5-1-2-6-11(10)24-15(14)19-20-21/h3-4,7-8H,1-2,5-6,9H2,(H,17,18,22). The molecule has 0 saturated heterocycles. The SMILES string of the molecule is O=C(Cn1nnc2sc3c(c2c1=O)CCCC3)Nc1ccccn1. The monoisotopic (exact) mass is 341 g/mol. The van der Waals surface area contributed by atoms with Crippen molar-refractivity contribution in [3.63, 3.8) is 0 Å². The lowest BCUT2D eigenvalue weighted by Gasteiger charge is -2.10. The average molecular weight is 341 g/mol. The molecule has 1 N–H and O–H groups in total. The van der Waals surface area contributed by atoms with Gasteiger partial charge in [0.05, 0.1) is 5.39 Å². The van der Waals surface area contributed by atoms with E-state index in [9.17, 15) is 9.59 Å². The van der Waals surface area contributed by atoms with Crippen LogP contribution >= 0.6 is 11.3 Å². The van der Waals surface area contributed by atoms with Crippen molar-refractivity contribution in [1.29, 1.82) is 0 Å². The van der Waals surface area contributed by atoms with Crippen LogP contribution in [0.3, 0.4) is 0 Å². The van der Waals surface area contributed by atoms with E-state index in [4.69, 9.17) is 0 Å². The van der Waals surface area contributed by atoms with Crippen LogP contribution in [0.4, 0.5) is 5.82 Å². The Balaban J connectivity index is 1.64. The number of anilines is 1. The van der Waals surface area contributed by atoms with Crippen LogP contribution in [-0.2, 0) is 24.2 Å². The van der Waals surface area contributed by atoms with Crippen LogP contribution in [0.1, 0.15) is 23.3 Å². The Bertz CT molecular complexity index is 964. The third-order valence-corrected chi connectivity index (χ3v) is 5.25. The summed E-state index contributed by atoms with van der Waals surface area (Å²) >= 11 is 1.55. The summed E-state index contributed by atoms with van der Waals surface area (Å²) in [6, 6.07) is 5.22. The summed E-state index contributed by atoms with van der Waals surface area (Å²) in [4.78, 5) is 30.8. The number of nitrogens with one attached hydrogen (secondary N) is 1. The van der Waals surface area contributed by atoms with Gasteiger partial charge in [-0.15, -0.1) is 16.4 Å². The highest BCUT2D eigenvalue weighted by atomic mass is 32.1. The zero-order chi connectivity index (χ0) is 16.5. The van der Waals surface area contributed by atoms with Crippen molar-refractivity contribution in [2.45, 2.75) is 32.2 Å². The second-order valence-electron chi connectivity index (χ2n) is 5.71. The number of aromatic nitrogens is 4. The molecule has 0 aliphatic heterocycles. The third-order valence-electron chi connectivity index (χ3n) is 4.07. The Labute approximate surface area is 141 Å². The van der Waals surface area contributed by atoms with Crippen molar-refractivity contribution in [3.8, 4) is 0 Å². The van der Waals surface area contributed by atoms with Gasteiger partial charge in [-0.3, -0.25) is 9.59 Å². The van der Waals surface area contributed by atoms with Gasteiger partial charge in [0.25, 0.3) is 5.56 Å². The van der Waals surface area contributed by atoms with Gasteiger partial charge >= 0.3 is 0 Å². The summed E-state index contributed by atoms with van der Waals surface area (Å²) in [5.74, 6) is 0.0889. The minimum atomic E-state index is -0.353. The summed E-state index contributed by atoms with van der Waals surface area (Å²) in [6.07, 6.45) is 5.71. The van der Waals surface area contributed by atoms with Gasteiger partial charge in [0.15, 0.2) is 4.83 Å². The van der Waals surface area contributed by atoms with Crippen molar-refractivity contribution in [2.75, 3.05) is 5.32 Å². The number of fused-ring (bicyclic) bond motifs is 3. The lowest BCUT2D eigenvalue weighted by atomic mass is 9.97. The largest absolute Gasteiger partial charge is 0.309 e. The molecular weight excluding hydrogens is 326 g/mol. The highest BCUT2D eigenvalue weighted by Gasteiger charge is 2.21. The molecule has 3 aromatic rings. The molecule has 8 heteroatoms. The predicted molar refractivity (Wildman–Crippen MR) is 91.2 cm³/mol. The first kappa shape index (κ1) is 14.9. The summed E-state index contributed by atoms with van der Waals surface area (Å²) < 4.78 is 1.13. The third kappa shape index (κ3) is 2.69. The molecule has 7 nitrogen and oxygen atoms in total. The molecule has 0 spiro atoms. The number of rotatable bonds is 3.